The molecule has 10 heteroatoms. The highest BCUT2D eigenvalue weighted by atomic mass is 32.1. The minimum Gasteiger partial charge on any atom is -0.397 e. The van der Waals surface area contributed by atoms with E-state index < -0.39 is 0 Å². The number of halogens is 1. The van der Waals surface area contributed by atoms with Crippen LogP contribution in [0.25, 0.3) is 10.2 Å². The van der Waals surface area contributed by atoms with Crippen LogP contribution in [-0.4, -0.2) is 52.6 Å². The number of nitrogen functional groups attached to an aromatic ring is 1. The van der Waals surface area contributed by atoms with E-state index in [1.165, 1.54) is 11.3 Å². The topological polar surface area (TPSA) is 109 Å². The van der Waals surface area contributed by atoms with Gasteiger partial charge in [-0.25, -0.2) is 19.3 Å². The molecule has 4 N–H and O–H groups in total. The first-order chi connectivity index (χ1) is 16.0. The molecule has 2 saturated heterocycles. The first-order valence-electron chi connectivity index (χ1n) is 11.5. The summed E-state index contributed by atoms with van der Waals surface area (Å²) in [6.45, 7) is 4.56. The summed E-state index contributed by atoms with van der Waals surface area (Å²) in [6, 6.07) is 1.86. The molecule has 6 rings (SSSR count). The third-order valence-electron chi connectivity index (χ3n) is 7.19. The maximum absolute atomic E-state index is 15.1. The van der Waals surface area contributed by atoms with Gasteiger partial charge in [0.1, 0.15) is 15.5 Å². The van der Waals surface area contributed by atoms with Crippen molar-refractivity contribution >= 4 is 39.0 Å². The Bertz CT molecular complexity index is 1260. The highest BCUT2D eigenvalue weighted by Crippen LogP contribution is 2.35. The lowest BCUT2D eigenvalue weighted by molar-refractivity contribution is 0.0938. The van der Waals surface area contributed by atoms with Crippen LogP contribution in [0.15, 0.2) is 12.3 Å². The normalized spacial score (nSPS) is 24.2. The average Bonchev–Trinajstić information content (AvgIpc) is 3.48. The fraction of sp³-hybridized carbons (Fsp3) is 0.478. The first-order valence-corrected chi connectivity index (χ1v) is 12.3. The number of thiophene rings is 1. The number of anilines is 2. The molecule has 2 aliphatic heterocycles. The van der Waals surface area contributed by atoms with Gasteiger partial charge in [0.25, 0.3) is 5.91 Å². The van der Waals surface area contributed by atoms with Crippen molar-refractivity contribution in [2.75, 3.05) is 30.3 Å². The van der Waals surface area contributed by atoms with E-state index in [0.717, 1.165) is 43.7 Å². The van der Waals surface area contributed by atoms with Crippen LogP contribution in [0, 0.1) is 18.7 Å². The van der Waals surface area contributed by atoms with E-state index in [-0.39, 0.29) is 17.8 Å². The second-order valence-corrected chi connectivity index (χ2v) is 10.3. The van der Waals surface area contributed by atoms with E-state index in [2.05, 4.69) is 25.5 Å². The van der Waals surface area contributed by atoms with Gasteiger partial charge in [0.15, 0.2) is 11.6 Å². The molecule has 0 spiro atoms. The molecule has 3 aliphatic rings. The van der Waals surface area contributed by atoms with Crippen LogP contribution in [0.1, 0.15) is 39.6 Å². The van der Waals surface area contributed by atoms with Crippen molar-refractivity contribution < 1.29 is 9.18 Å². The molecule has 5 heterocycles. The van der Waals surface area contributed by atoms with Gasteiger partial charge in [0.2, 0.25) is 0 Å². The predicted octanol–water partition coefficient (Wildman–Crippen LogP) is 2.20. The van der Waals surface area contributed by atoms with E-state index in [4.69, 9.17) is 10.7 Å². The lowest BCUT2D eigenvalue weighted by atomic mass is 9.91. The van der Waals surface area contributed by atoms with Crippen molar-refractivity contribution in [3.63, 3.8) is 0 Å². The number of amides is 1. The van der Waals surface area contributed by atoms with Crippen molar-refractivity contribution in [2.24, 2.45) is 5.92 Å². The van der Waals surface area contributed by atoms with Gasteiger partial charge in [0, 0.05) is 43.6 Å². The molecular formula is C23H26FN7OS. The second kappa shape index (κ2) is 7.88. The number of fused-ring (bicyclic) bond motifs is 3. The predicted molar refractivity (Wildman–Crippen MR) is 126 cm³/mol. The summed E-state index contributed by atoms with van der Waals surface area (Å²) in [6.07, 6.45) is 4.76. The van der Waals surface area contributed by atoms with E-state index in [0.29, 0.717) is 57.2 Å². The Hall–Kier alpha value is -2.85. The summed E-state index contributed by atoms with van der Waals surface area (Å²) >= 11 is 1.28. The molecule has 3 aromatic rings. The number of hydrogen-bond acceptors (Lipinski definition) is 8. The SMILES string of the molecule is Cc1ncc2c(N)c(C(=O)NC3CCc4nc(N5CCC6CNCC65)c(F)cc4C3)sc2n1. The Morgan fingerprint density at radius 1 is 1.33 bits per heavy atom. The highest BCUT2D eigenvalue weighted by Gasteiger charge is 2.39. The van der Waals surface area contributed by atoms with E-state index in [1.54, 1.807) is 19.2 Å². The van der Waals surface area contributed by atoms with Gasteiger partial charge >= 0.3 is 0 Å². The minimum absolute atomic E-state index is 0.0929. The van der Waals surface area contributed by atoms with Crippen molar-refractivity contribution in [1.82, 2.24) is 25.6 Å². The van der Waals surface area contributed by atoms with Crippen LogP contribution >= 0.6 is 11.3 Å². The molecule has 0 radical (unpaired) electrons. The number of nitrogens with zero attached hydrogens (tertiary/aromatic N) is 4. The number of nitrogens with two attached hydrogens (primary N) is 1. The van der Waals surface area contributed by atoms with Gasteiger partial charge in [-0.05, 0) is 50.2 Å². The number of carbonyl (C=O) groups excluding carboxylic acids is 1. The van der Waals surface area contributed by atoms with Gasteiger partial charge < -0.3 is 21.3 Å². The largest absolute Gasteiger partial charge is 0.397 e. The lowest BCUT2D eigenvalue weighted by Crippen LogP contribution is -2.39. The van der Waals surface area contributed by atoms with Crippen LogP contribution in [0.2, 0.25) is 0 Å². The summed E-state index contributed by atoms with van der Waals surface area (Å²) < 4.78 is 15.1. The zero-order valence-corrected chi connectivity index (χ0v) is 19.2. The van der Waals surface area contributed by atoms with Crippen molar-refractivity contribution in [2.45, 2.75) is 44.7 Å². The van der Waals surface area contributed by atoms with Gasteiger partial charge in [-0.15, -0.1) is 11.3 Å². The van der Waals surface area contributed by atoms with Crippen LogP contribution < -0.4 is 21.3 Å². The highest BCUT2D eigenvalue weighted by molar-refractivity contribution is 7.21. The van der Waals surface area contributed by atoms with Crippen LogP contribution in [0.4, 0.5) is 15.9 Å². The number of carbonyl (C=O) groups is 1. The quantitative estimate of drug-likeness (QED) is 0.542. The van der Waals surface area contributed by atoms with Gasteiger partial charge in [0.05, 0.1) is 11.1 Å². The monoisotopic (exact) mass is 467 g/mol. The summed E-state index contributed by atoms with van der Waals surface area (Å²) in [5.74, 6) is 1.22. The molecular weight excluding hydrogens is 441 g/mol. The fourth-order valence-electron chi connectivity index (χ4n) is 5.47. The molecule has 2 fully saturated rings. The molecule has 33 heavy (non-hydrogen) atoms. The van der Waals surface area contributed by atoms with Crippen molar-refractivity contribution in [3.8, 4) is 0 Å². The summed E-state index contributed by atoms with van der Waals surface area (Å²) in [5, 5.41) is 7.20. The zero-order chi connectivity index (χ0) is 22.7. The number of pyridine rings is 1. The fourth-order valence-corrected chi connectivity index (χ4v) is 6.48. The molecule has 3 aromatic heterocycles. The summed E-state index contributed by atoms with van der Waals surface area (Å²) in [5.41, 5.74) is 8.43. The van der Waals surface area contributed by atoms with E-state index in [1.807, 2.05) is 0 Å². The Balaban J connectivity index is 1.19. The summed E-state index contributed by atoms with van der Waals surface area (Å²) in [4.78, 5) is 29.6. The van der Waals surface area contributed by atoms with E-state index in [9.17, 15) is 4.79 Å². The van der Waals surface area contributed by atoms with Gasteiger partial charge in [-0.1, -0.05) is 0 Å². The molecule has 0 bridgehead atoms. The van der Waals surface area contributed by atoms with Crippen LogP contribution in [-0.2, 0) is 12.8 Å². The lowest BCUT2D eigenvalue weighted by Gasteiger charge is -2.29. The van der Waals surface area contributed by atoms with Crippen molar-refractivity contribution in [3.05, 3.63) is 40.0 Å². The molecule has 0 saturated carbocycles. The molecule has 172 valence electrons. The third kappa shape index (κ3) is 3.52. The average molecular weight is 468 g/mol. The van der Waals surface area contributed by atoms with Gasteiger partial charge in [-0.2, -0.15) is 0 Å². The molecule has 1 aliphatic carbocycles. The maximum atomic E-state index is 15.1. The second-order valence-electron chi connectivity index (χ2n) is 9.26. The number of rotatable bonds is 3. The van der Waals surface area contributed by atoms with E-state index >= 15 is 4.39 Å². The van der Waals surface area contributed by atoms with Crippen molar-refractivity contribution in [1.29, 1.82) is 0 Å². The summed E-state index contributed by atoms with van der Waals surface area (Å²) in [7, 11) is 0. The zero-order valence-electron chi connectivity index (χ0n) is 18.4. The molecule has 1 amide bonds. The molecule has 3 atom stereocenters. The smallest absolute Gasteiger partial charge is 0.263 e. The number of nitrogens with one attached hydrogen (secondary N) is 2. The van der Waals surface area contributed by atoms with Gasteiger partial charge in [-0.3, -0.25) is 4.79 Å². The molecule has 0 aromatic carbocycles. The Labute approximate surface area is 194 Å². The van der Waals surface area contributed by atoms with Crippen LogP contribution in [0.5, 0.6) is 0 Å². The Morgan fingerprint density at radius 2 is 2.21 bits per heavy atom. The maximum Gasteiger partial charge on any atom is 0.263 e. The third-order valence-corrected chi connectivity index (χ3v) is 8.30. The Morgan fingerprint density at radius 3 is 3.09 bits per heavy atom. The Kier molecular flexibility index (Phi) is 4.95. The number of aryl methyl sites for hydroxylation is 2. The van der Waals surface area contributed by atoms with Crippen LogP contribution in [0.3, 0.4) is 0 Å². The minimum atomic E-state index is -0.268. The first kappa shape index (κ1) is 20.7. The molecule has 8 nitrogen and oxygen atoms in total. The standard InChI is InChI=1S/C23H26FN7OS/c1-11-27-9-15-19(25)20(33-23(15)28-11)22(32)29-14-2-3-17-13(6-14)7-16(24)21(30-17)31-5-4-12-8-26-10-18(12)31/h7,9,12,14,18,26H,2-6,8,10,25H2,1H3,(H,29,32). The number of aromatic nitrogens is 3. The number of hydrogen-bond donors (Lipinski definition) is 3. The molecule has 3 unspecified atom stereocenters.